The van der Waals surface area contributed by atoms with Crippen molar-refractivity contribution in [1.82, 2.24) is 5.32 Å². The summed E-state index contributed by atoms with van der Waals surface area (Å²) in [6.07, 6.45) is 3.35. The van der Waals surface area contributed by atoms with Crippen LogP contribution < -0.4 is 10.6 Å². The van der Waals surface area contributed by atoms with Gasteiger partial charge in [-0.15, -0.1) is 0 Å². The number of nitrogens with one attached hydrogen (secondary N) is 2. The van der Waals surface area contributed by atoms with Gasteiger partial charge in [0, 0.05) is 5.69 Å². The highest BCUT2D eigenvalue weighted by Gasteiger charge is 2.11. The summed E-state index contributed by atoms with van der Waals surface area (Å²) in [6.45, 7) is 2.04. The number of carbonyl (C=O) groups is 2. The lowest BCUT2D eigenvalue weighted by atomic mass is 10.1. The molecular formula is C17H19BrN2O3. The van der Waals surface area contributed by atoms with Gasteiger partial charge in [0.05, 0.1) is 6.54 Å². The van der Waals surface area contributed by atoms with E-state index in [-0.39, 0.29) is 18.2 Å². The van der Waals surface area contributed by atoms with Gasteiger partial charge in [-0.25, -0.2) is 0 Å². The standard InChI is InChI=1S/C17H19BrN2O3/c1-2-3-4-12-5-7-13(8-6-12)20-16(21)11-19-17(22)14-9-10-15(18)23-14/h5-10H,2-4,11H2,1H3,(H,19,22)(H,20,21). The summed E-state index contributed by atoms with van der Waals surface area (Å²) >= 11 is 3.12. The van der Waals surface area contributed by atoms with E-state index in [4.69, 9.17) is 4.42 Å². The third-order valence-corrected chi connectivity index (χ3v) is 3.69. The monoisotopic (exact) mass is 378 g/mol. The number of rotatable bonds is 7. The lowest BCUT2D eigenvalue weighted by Crippen LogP contribution is -2.32. The van der Waals surface area contributed by atoms with Crippen LogP contribution in [0.15, 0.2) is 45.5 Å². The minimum atomic E-state index is -0.430. The smallest absolute Gasteiger partial charge is 0.287 e. The first kappa shape index (κ1) is 17.3. The molecule has 122 valence electrons. The van der Waals surface area contributed by atoms with Crippen LogP contribution in [0.3, 0.4) is 0 Å². The lowest BCUT2D eigenvalue weighted by molar-refractivity contribution is -0.115. The molecule has 0 radical (unpaired) electrons. The van der Waals surface area contributed by atoms with Gasteiger partial charge in [0.1, 0.15) is 0 Å². The van der Waals surface area contributed by atoms with E-state index in [0.717, 1.165) is 19.3 Å². The molecule has 0 aliphatic heterocycles. The molecule has 23 heavy (non-hydrogen) atoms. The Hall–Kier alpha value is -2.08. The highest BCUT2D eigenvalue weighted by Crippen LogP contribution is 2.14. The van der Waals surface area contributed by atoms with Crippen LogP contribution in [-0.4, -0.2) is 18.4 Å². The Balaban J connectivity index is 1.79. The van der Waals surface area contributed by atoms with E-state index in [2.05, 4.69) is 33.5 Å². The second-order valence-electron chi connectivity index (χ2n) is 5.14. The number of aryl methyl sites for hydroxylation is 1. The summed E-state index contributed by atoms with van der Waals surface area (Å²) in [5, 5.41) is 5.25. The minimum absolute atomic E-state index is 0.116. The minimum Gasteiger partial charge on any atom is -0.444 e. The molecule has 0 saturated heterocycles. The molecule has 0 atom stereocenters. The summed E-state index contributed by atoms with van der Waals surface area (Å²) in [5.74, 6) is -0.559. The zero-order valence-electron chi connectivity index (χ0n) is 12.9. The third kappa shape index (κ3) is 5.56. The number of carbonyl (C=O) groups excluding carboxylic acids is 2. The second-order valence-corrected chi connectivity index (χ2v) is 5.92. The average molecular weight is 379 g/mol. The van der Waals surface area contributed by atoms with Crippen molar-refractivity contribution in [3.8, 4) is 0 Å². The molecule has 2 N–H and O–H groups in total. The quantitative estimate of drug-likeness (QED) is 0.770. The Bertz CT molecular complexity index is 665. The van der Waals surface area contributed by atoms with Crippen LogP contribution in [0.1, 0.15) is 35.9 Å². The molecule has 0 saturated carbocycles. The Morgan fingerprint density at radius 2 is 1.87 bits per heavy atom. The SMILES string of the molecule is CCCCc1ccc(NC(=O)CNC(=O)c2ccc(Br)o2)cc1. The maximum absolute atomic E-state index is 11.8. The largest absolute Gasteiger partial charge is 0.444 e. The van der Waals surface area contributed by atoms with Gasteiger partial charge in [-0.2, -0.15) is 0 Å². The van der Waals surface area contributed by atoms with Crippen molar-refractivity contribution in [2.45, 2.75) is 26.2 Å². The molecule has 0 unspecified atom stereocenters. The zero-order valence-corrected chi connectivity index (χ0v) is 14.5. The second kappa shape index (κ2) is 8.53. The molecular weight excluding hydrogens is 360 g/mol. The van der Waals surface area contributed by atoms with Crippen LogP contribution in [0.5, 0.6) is 0 Å². The predicted octanol–water partition coefficient (Wildman–Crippen LogP) is 3.75. The van der Waals surface area contributed by atoms with Crippen LogP contribution in [-0.2, 0) is 11.2 Å². The van der Waals surface area contributed by atoms with Gasteiger partial charge in [-0.1, -0.05) is 25.5 Å². The highest BCUT2D eigenvalue weighted by molar-refractivity contribution is 9.10. The summed E-state index contributed by atoms with van der Waals surface area (Å²) in [5.41, 5.74) is 1.96. The highest BCUT2D eigenvalue weighted by atomic mass is 79.9. The molecule has 2 aromatic rings. The van der Waals surface area contributed by atoms with Crippen molar-refractivity contribution in [2.75, 3.05) is 11.9 Å². The first-order chi connectivity index (χ1) is 11.1. The van der Waals surface area contributed by atoms with Gasteiger partial charge in [-0.3, -0.25) is 9.59 Å². The van der Waals surface area contributed by atoms with Crippen LogP contribution in [0.4, 0.5) is 5.69 Å². The van der Waals surface area contributed by atoms with E-state index in [0.29, 0.717) is 10.4 Å². The Morgan fingerprint density at radius 1 is 1.13 bits per heavy atom. The summed E-state index contributed by atoms with van der Waals surface area (Å²) < 4.78 is 5.58. The van der Waals surface area contributed by atoms with Gasteiger partial charge in [-0.05, 0) is 58.6 Å². The van der Waals surface area contributed by atoms with Crippen LogP contribution in [0, 0.1) is 0 Å². The maximum Gasteiger partial charge on any atom is 0.287 e. The van der Waals surface area contributed by atoms with E-state index in [1.54, 1.807) is 6.07 Å². The molecule has 0 bridgehead atoms. The molecule has 1 aromatic carbocycles. The zero-order chi connectivity index (χ0) is 16.7. The number of hydrogen-bond donors (Lipinski definition) is 2. The van der Waals surface area contributed by atoms with Crippen molar-refractivity contribution in [2.24, 2.45) is 0 Å². The first-order valence-corrected chi connectivity index (χ1v) is 8.30. The van der Waals surface area contributed by atoms with Gasteiger partial charge in [0.25, 0.3) is 5.91 Å². The number of hydrogen-bond acceptors (Lipinski definition) is 3. The van der Waals surface area contributed by atoms with E-state index >= 15 is 0 Å². The van der Waals surface area contributed by atoms with Crippen molar-refractivity contribution in [1.29, 1.82) is 0 Å². The van der Waals surface area contributed by atoms with E-state index < -0.39 is 5.91 Å². The first-order valence-electron chi connectivity index (χ1n) is 7.51. The molecule has 1 aromatic heterocycles. The molecule has 2 rings (SSSR count). The molecule has 0 aliphatic carbocycles. The average Bonchev–Trinajstić information content (AvgIpc) is 2.98. The molecule has 6 heteroatoms. The van der Waals surface area contributed by atoms with Gasteiger partial charge >= 0.3 is 0 Å². The molecule has 0 spiro atoms. The third-order valence-electron chi connectivity index (χ3n) is 3.26. The molecule has 5 nitrogen and oxygen atoms in total. The molecule has 1 heterocycles. The topological polar surface area (TPSA) is 71.3 Å². The van der Waals surface area contributed by atoms with Crippen LogP contribution >= 0.6 is 15.9 Å². The molecule has 0 aliphatic rings. The number of anilines is 1. The molecule has 0 fully saturated rings. The van der Waals surface area contributed by atoms with Crippen molar-refractivity contribution in [3.05, 3.63) is 52.4 Å². The van der Waals surface area contributed by atoms with Crippen LogP contribution in [0.2, 0.25) is 0 Å². The fraction of sp³-hybridized carbons (Fsp3) is 0.294. The van der Waals surface area contributed by atoms with Gasteiger partial charge in [0.15, 0.2) is 10.4 Å². The predicted molar refractivity (Wildman–Crippen MR) is 92.4 cm³/mol. The van der Waals surface area contributed by atoms with Gasteiger partial charge in [0.2, 0.25) is 5.91 Å². The molecule has 2 amide bonds. The Morgan fingerprint density at radius 3 is 2.48 bits per heavy atom. The van der Waals surface area contributed by atoms with Crippen molar-refractivity contribution >= 4 is 33.4 Å². The summed E-state index contributed by atoms with van der Waals surface area (Å²) in [7, 11) is 0. The fourth-order valence-corrected chi connectivity index (χ4v) is 2.33. The van der Waals surface area contributed by atoms with Gasteiger partial charge < -0.3 is 15.1 Å². The van der Waals surface area contributed by atoms with Crippen molar-refractivity contribution in [3.63, 3.8) is 0 Å². The van der Waals surface area contributed by atoms with E-state index in [1.165, 1.54) is 11.6 Å². The number of amides is 2. The van der Waals surface area contributed by atoms with Crippen molar-refractivity contribution < 1.29 is 14.0 Å². The number of furan rings is 1. The number of benzene rings is 1. The van der Waals surface area contributed by atoms with E-state index in [9.17, 15) is 9.59 Å². The Labute approximate surface area is 143 Å². The summed E-state index contributed by atoms with van der Waals surface area (Å²) in [6, 6.07) is 10.9. The lowest BCUT2D eigenvalue weighted by Gasteiger charge is -2.07. The van der Waals surface area contributed by atoms with E-state index in [1.807, 2.05) is 24.3 Å². The van der Waals surface area contributed by atoms with Crippen LogP contribution in [0.25, 0.3) is 0 Å². The Kier molecular flexibility index (Phi) is 6.40. The fourth-order valence-electron chi connectivity index (χ4n) is 2.02. The number of halogens is 1. The summed E-state index contributed by atoms with van der Waals surface area (Å²) in [4.78, 5) is 23.6. The number of unbranched alkanes of at least 4 members (excludes halogenated alkanes) is 1. The normalized spacial score (nSPS) is 10.3. The maximum atomic E-state index is 11.8.